The molecule has 0 spiro atoms. The molecule has 1 amide bonds. The topological polar surface area (TPSA) is 76.2 Å². The summed E-state index contributed by atoms with van der Waals surface area (Å²) in [5, 5.41) is 0. The van der Waals surface area contributed by atoms with E-state index in [1.165, 1.54) is 11.4 Å². The van der Waals surface area contributed by atoms with Gasteiger partial charge in [0.25, 0.3) is 5.91 Å². The number of hydrogen-bond acceptors (Lipinski definition) is 5. The van der Waals surface area contributed by atoms with E-state index in [2.05, 4.69) is 0 Å². The summed E-state index contributed by atoms with van der Waals surface area (Å²) in [6.45, 7) is 2.08. The van der Waals surface area contributed by atoms with Crippen molar-refractivity contribution in [2.24, 2.45) is 0 Å². The highest BCUT2D eigenvalue weighted by atomic mass is 32.2. The van der Waals surface area contributed by atoms with Crippen molar-refractivity contribution >= 4 is 21.6 Å². The predicted molar refractivity (Wildman–Crippen MR) is 109 cm³/mol. The molecule has 2 aromatic rings. The lowest BCUT2D eigenvalue weighted by atomic mass is 10.2. The average molecular weight is 407 g/mol. The van der Waals surface area contributed by atoms with Gasteiger partial charge in [-0.1, -0.05) is 18.2 Å². The maximum Gasteiger partial charge on any atom is 0.263 e. The molecule has 0 aliphatic heterocycles. The molecule has 0 aliphatic carbocycles. The van der Waals surface area contributed by atoms with Gasteiger partial charge in [0.2, 0.25) is 10.0 Å². The highest BCUT2D eigenvalue weighted by molar-refractivity contribution is 7.92. The molecule has 2 aromatic carbocycles. The first kappa shape index (κ1) is 21.6. The van der Waals surface area contributed by atoms with E-state index in [-0.39, 0.29) is 5.91 Å². The summed E-state index contributed by atoms with van der Waals surface area (Å²) in [7, 11) is 1.45. The molecule has 0 saturated carbocycles. The molecule has 2 rings (SSSR count). The summed E-state index contributed by atoms with van der Waals surface area (Å²) in [6, 6.07) is 14.1. The van der Waals surface area contributed by atoms with E-state index in [9.17, 15) is 13.2 Å². The van der Waals surface area contributed by atoms with Crippen LogP contribution in [0.3, 0.4) is 0 Å². The summed E-state index contributed by atoms with van der Waals surface area (Å²) >= 11 is 0. The molecule has 152 valence electrons. The largest absolute Gasteiger partial charge is 0.496 e. The lowest BCUT2D eigenvalue weighted by Crippen LogP contribution is -2.37. The van der Waals surface area contributed by atoms with Gasteiger partial charge >= 0.3 is 0 Å². The smallest absolute Gasteiger partial charge is 0.263 e. The van der Waals surface area contributed by atoms with E-state index in [0.29, 0.717) is 18.0 Å². The van der Waals surface area contributed by atoms with E-state index in [1.54, 1.807) is 50.2 Å². The highest BCUT2D eigenvalue weighted by Gasteiger charge is 2.20. The van der Waals surface area contributed by atoms with E-state index >= 15 is 0 Å². The molecular formula is C20H26N2O5S. The van der Waals surface area contributed by atoms with Gasteiger partial charge < -0.3 is 14.4 Å². The number of carbonyl (C=O) groups excluding carboxylic acids is 1. The van der Waals surface area contributed by atoms with E-state index in [0.717, 1.165) is 17.6 Å². The summed E-state index contributed by atoms with van der Waals surface area (Å²) in [4.78, 5) is 14.2. The summed E-state index contributed by atoms with van der Waals surface area (Å²) in [5.41, 5.74) is 1.42. The second-order valence-corrected chi connectivity index (χ2v) is 8.50. The van der Waals surface area contributed by atoms with E-state index in [1.807, 2.05) is 24.3 Å². The second-order valence-electron chi connectivity index (χ2n) is 6.49. The quantitative estimate of drug-likeness (QED) is 0.673. The molecule has 0 fully saturated rings. The van der Waals surface area contributed by atoms with Crippen LogP contribution >= 0.6 is 0 Å². The van der Waals surface area contributed by atoms with Crippen LogP contribution in [0.5, 0.6) is 11.5 Å². The molecule has 1 unspecified atom stereocenters. The Morgan fingerprint density at radius 3 is 2.25 bits per heavy atom. The Morgan fingerprint density at radius 2 is 1.68 bits per heavy atom. The third kappa shape index (κ3) is 5.39. The predicted octanol–water partition coefficient (Wildman–Crippen LogP) is 2.52. The van der Waals surface area contributed by atoms with Crippen LogP contribution in [0.15, 0.2) is 48.5 Å². The highest BCUT2D eigenvalue weighted by Crippen LogP contribution is 2.22. The van der Waals surface area contributed by atoms with Gasteiger partial charge in [-0.15, -0.1) is 0 Å². The number of para-hydroxylation sites is 1. The lowest BCUT2D eigenvalue weighted by molar-refractivity contribution is -0.137. The average Bonchev–Trinajstić information content (AvgIpc) is 2.67. The Labute approximate surface area is 166 Å². The van der Waals surface area contributed by atoms with Crippen LogP contribution in [-0.2, 0) is 21.4 Å². The zero-order valence-corrected chi connectivity index (χ0v) is 17.6. The monoisotopic (exact) mass is 406 g/mol. The van der Waals surface area contributed by atoms with Crippen LogP contribution in [0.1, 0.15) is 12.5 Å². The number of ether oxygens (including phenoxy) is 2. The van der Waals surface area contributed by atoms with Crippen LogP contribution in [0.2, 0.25) is 0 Å². The first-order valence-corrected chi connectivity index (χ1v) is 10.6. The number of benzene rings is 2. The molecule has 0 bridgehead atoms. The number of hydrogen-bond donors (Lipinski definition) is 0. The maximum absolute atomic E-state index is 12.6. The molecular weight excluding hydrogens is 380 g/mol. The minimum Gasteiger partial charge on any atom is -0.496 e. The standard InChI is InChI=1S/C20H26N2O5S/c1-15(20(23)21(2)14-16-8-6-7-9-19(16)26-4)27-18-12-10-17(11-13-18)22(3)28(5,24)25/h6-13,15H,14H2,1-5H3. The Balaban J connectivity index is 2.01. The first-order valence-electron chi connectivity index (χ1n) is 8.71. The number of rotatable bonds is 8. The van der Waals surface area contributed by atoms with Crippen LogP contribution in [0.25, 0.3) is 0 Å². The maximum atomic E-state index is 12.6. The molecule has 28 heavy (non-hydrogen) atoms. The Morgan fingerprint density at radius 1 is 1.07 bits per heavy atom. The van der Waals surface area contributed by atoms with Crippen LogP contribution in [-0.4, -0.2) is 52.8 Å². The molecule has 0 radical (unpaired) electrons. The van der Waals surface area contributed by atoms with Crippen LogP contribution in [0, 0.1) is 0 Å². The molecule has 0 saturated heterocycles. The first-order chi connectivity index (χ1) is 13.1. The summed E-state index contributed by atoms with van der Waals surface area (Å²) < 4.78 is 35.4. The van der Waals surface area contributed by atoms with Crippen molar-refractivity contribution < 1.29 is 22.7 Å². The number of anilines is 1. The normalized spacial score (nSPS) is 12.2. The van der Waals surface area contributed by atoms with Crippen LogP contribution in [0.4, 0.5) is 5.69 Å². The molecule has 0 N–H and O–H groups in total. The second kappa shape index (κ2) is 8.97. The Kier molecular flexibility index (Phi) is 6.90. The van der Waals surface area contributed by atoms with Crippen LogP contribution < -0.4 is 13.8 Å². The van der Waals surface area contributed by atoms with Gasteiger partial charge in [0.15, 0.2) is 6.10 Å². The SMILES string of the molecule is COc1ccccc1CN(C)C(=O)C(C)Oc1ccc(N(C)S(C)(=O)=O)cc1. The van der Waals surface area contributed by atoms with E-state index < -0.39 is 16.1 Å². The number of nitrogens with zero attached hydrogens (tertiary/aromatic N) is 2. The van der Waals surface area contributed by atoms with Crippen molar-refractivity contribution in [2.75, 3.05) is 31.8 Å². The lowest BCUT2D eigenvalue weighted by Gasteiger charge is -2.23. The molecule has 8 heteroatoms. The minimum atomic E-state index is -3.33. The molecule has 0 heterocycles. The fourth-order valence-electron chi connectivity index (χ4n) is 2.66. The van der Waals surface area contributed by atoms with Gasteiger partial charge in [-0.25, -0.2) is 8.42 Å². The Hall–Kier alpha value is -2.74. The van der Waals surface area contributed by atoms with Gasteiger partial charge in [-0.3, -0.25) is 9.10 Å². The summed E-state index contributed by atoms with van der Waals surface area (Å²) in [6.07, 6.45) is 0.439. The number of likely N-dealkylation sites (N-methyl/N-ethyl adjacent to an activating group) is 1. The number of carbonyl (C=O) groups is 1. The van der Waals surface area contributed by atoms with Crippen molar-refractivity contribution in [3.63, 3.8) is 0 Å². The minimum absolute atomic E-state index is 0.178. The fourth-order valence-corrected chi connectivity index (χ4v) is 3.16. The van der Waals surface area contributed by atoms with Crippen molar-refractivity contribution in [2.45, 2.75) is 19.6 Å². The summed E-state index contributed by atoms with van der Waals surface area (Å²) in [5.74, 6) is 1.03. The number of amides is 1. The van der Waals surface area contributed by atoms with Gasteiger partial charge in [0, 0.05) is 26.2 Å². The van der Waals surface area contributed by atoms with Crippen molar-refractivity contribution in [1.29, 1.82) is 0 Å². The van der Waals surface area contributed by atoms with Crippen molar-refractivity contribution in [3.8, 4) is 11.5 Å². The van der Waals surface area contributed by atoms with Crippen molar-refractivity contribution in [1.82, 2.24) is 4.90 Å². The van der Waals surface area contributed by atoms with Gasteiger partial charge in [0.1, 0.15) is 11.5 Å². The van der Waals surface area contributed by atoms with Gasteiger partial charge in [-0.2, -0.15) is 0 Å². The van der Waals surface area contributed by atoms with Crippen molar-refractivity contribution in [3.05, 3.63) is 54.1 Å². The number of methoxy groups -OCH3 is 1. The molecule has 1 atom stereocenters. The van der Waals surface area contributed by atoms with Gasteiger partial charge in [-0.05, 0) is 37.3 Å². The van der Waals surface area contributed by atoms with E-state index in [4.69, 9.17) is 9.47 Å². The third-order valence-electron chi connectivity index (χ3n) is 4.33. The van der Waals surface area contributed by atoms with Gasteiger partial charge in [0.05, 0.1) is 19.1 Å². The molecule has 0 aliphatic rings. The third-order valence-corrected chi connectivity index (χ3v) is 5.54. The molecule has 0 aromatic heterocycles. The fraction of sp³-hybridized carbons (Fsp3) is 0.350. The zero-order chi connectivity index (χ0) is 20.9. The molecule has 7 nitrogen and oxygen atoms in total. The Bertz CT molecular complexity index is 912. The zero-order valence-electron chi connectivity index (χ0n) is 16.7. The number of sulfonamides is 1.